The number of furan rings is 1. The fraction of sp³-hybridized carbons (Fsp3) is 0.231. The summed E-state index contributed by atoms with van der Waals surface area (Å²) in [6.45, 7) is 6.30. The fourth-order valence-corrected chi connectivity index (χ4v) is 3.89. The van der Waals surface area contributed by atoms with Crippen molar-refractivity contribution in [1.82, 2.24) is 4.90 Å². The van der Waals surface area contributed by atoms with Gasteiger partial charge in [-0.25, -0.2) is 0 Å². The molecule has 0 radical (unpaired) electrons. The summed E-state index contributed by atoms with van der Waals surface area (Å²) in [6, 6.07) is 17.9. The highest BCUT2D eigenvalue weighted by Crippen LogP contribution is 2.40. The number of likely N-dealkylation sites (tertiary alicyclic amines) is 1. The van der Waals surface area contributed by atoms with Gasteiger partial charge in [0.1, 0.15) is 11.5 Å². The van der Waals surface area contributed by atoms with E-state index in [2.05, 4.69) is 13.8 Å². The van der Waals surface area contributed by atoms with E-state index in [-0.39, 0.29) is 17.9 Å². The second kappa shape index (κ2) is 8.26. The van der Waals surface area contributed by atoms with Gasteiger partial charge in [-0.2, -0.15) is 0 Å². The largest absolute Gasteiger partial charge is 0.507 e. The molecule has 0 aliphatic carbocycles. The molecule has 1 unspecified atom stereocenters. The summed E-state index contributed by atoms with van der Waals surface area (Å²) in [7, 11) is 0. The molecule has 1 N–H and O–H groups in total. The number of rotatable bonds is 5. The number of aliphatic hydroxyl groups is 1. The fourth-order valence-electron chi connectivity index (χ4n) is 3.89. The highest BCUT2D eigenvalue weighted by molar-refractivity contribution is 6.46. The first-order valence-corrected chi connectivity index (χ1v) is 10.3. The van der Waals surface area contributed by atoms with Gasteiger partial charge in [0.2, 0.25) is 0 Å². The van der Waals surface area contributed by atoms with E-state index in [1.807, 2.05) is 43.3 Å². The molecule has 1 aliphatic rings. The van der Waals surface area contributed by atoms with Gasteiger partial charge in [0.15, 0.2) is 0 Å². The van der Waals surface area contributed by atoms with Crippen LogP contribution in [-0.4, -0.2) is 21.7 Å². The Bertz CT molecular complexity index is 1120. The number of carbonyl (C=O) groups is 2. The normalized spacial score (nSPS) is 18.2. The molecule has 2 heterocycles. The summed E-state index contributed by atoms with van der Waals surface area (Å²) in [5, 5.41) is 11.1. The number of nitrogens with zero attached hydrogens (tertiary/aromatic N) is 1. The third-order valence-electron chi connectivity index (χ3n) is 5.69. The average Bonchev–Trinajstić information content (AvgIpc) is 3.36. The SMILES string of the molecule is Cc1ccc(/C(O)=C2\C(=O)C(=O)N(Cc3ccco3)C2c2ccc(C(C)C)cc2)cc1. The molecule has 31 heavy (non-hydrogen) atoms. The number of aliphatic hydroxyl groups excluding tert-OH is 1. The Kier molecular flexibility index (Phi) is 5.51. The lowest BCUT2D eigenvalue weighted by molar-refractivity contribution is -0.140. The number of amides is 1. The molecule has 3 aromatic rings. The first-order valence-electron chi connectivity index (χ1n) is 10.3. The van der Waals surface area contributed by atoms with Gasteiger partial charge >= 0.3 is 0 Å². The molecule has 0 spiro atoms. The standard InChI is InChI=1S/C26H25NO4/c1-16(2)18-10-12-19(13-11-18)23-22(24(28)20-8-6-17(3)7-9-20)25(29)26(30)27(23)15-21-5-4-14-31-21/h4-14,16,23,28H,15H2,1-3H3/b24-22+. The summed E-state index contributed by atoms with van der Waals surface area (Å²) in [6.07, 6.45) is 1.53. The van der Waals surface area contributed by atoms with E-state index < -0.39 is 17.7 Å². The molecular weight excluding hydrogens is 390 g/mol. The zero-order valence-electron chi connectivity index (χ0n) is 17.8. The van der Waals surface area contributed by atoms with Gasteiger partial charge < -0.3 is 14.4 Å². The minimum Gasteiger partial charge on any atom is -0.507 e. The lowest BCUT2D eigenvalue weighted by Crippen LogP contribution is -2.29. The van der Waals surface area contributed by atoms with Crippen LogP contribution in [-0.2, 0) is 16.1 Å². The molecule has 0 saturated carbocycles. The van der Waals surface area contributed by atoms with Crippen LogP contribution in [0.4, 0.5) is 0 Å². The molecule has 158 valence electrons. The highest BCUT2D eigenvalue weighted by atomic mass is 16.3. The zero-order valence-corrected chi connectivity index (χ0v) is 17.8. The number of benzene rings is 2. The maximum Gasteiger partial charge on any atom is 0.296 e. The maximum atomic E-state index is 13.0. The van der Waals surface area contributed by atoms with Gasteiger partial charge in [-0.05, 0) is 36.1 Å². The van der Waals surface area contributed by atoms with Gasteiger partial charge in [-0.3, -0.25) is 9.59 Å². The van der Waals surface area contributed by atoms with Crippen LogP contribution in [0.2, 0.25) is 0 Å². The molecule has 5 heteroatoms. The highest BCUT2D eigenvalue weighted by Gasteiger charge is 2.46. The predicted octanol–water partition coefficient (Wildman–Crippen LogP) is 5.33. The second-order valence-corrected chi connectivity index (χ2v) is 8.19. The quantitative estimate of drug-likeness (QED) is 0.347. The van der Waals surface area contributed by atoms with Crippen molar-refractivity contribution in [2.45, 2.75) is 39.3 Å². The Balaban J connectivity index is 1.84. The van der Waals surface area contributed by atoms with Crippen LogP contribution in [0, 0.1) is 6.92 Å². The monoisotopic (exact) mass is 415 g/mol. The molecule has 1 fully saturated rings. The number of Topliss-reactive ketones (excluding diaryl/α,β-unsaturated/α-hetero) is 1. The van der Waals surface area contributed by atoms with Crippen molar-refractivity contribution in [1.29, 1.82) is 0 Å². The van der Waals surface area contributed by atoms with Crippen LogP contribution in [0.25, 0.3) is 5.76 Å². The Morgan fingerprint density at radius 1 is 1.03 bits per heavy atom. The zero-order chi connectivity index (χ0) is 22.1. The van der Waals surface area contributed by atoms with Crippen LogP contribution in [0.1, 0.15) is 53.8 Å². The van der Waals surface area contributed by atoms with Crippen LogP contribution < -0.4 is 0 Å². The summed E-state index contributed by atoms with van der Waals surface area (Å²) < 4.78 is 5.42. The summed E-state index contributed by atoms with van der Waals surface area (Å²) >= 11 is 0. The van der Waals surface area contributed by atoms with E-state index in [9.17, 15) is 14.7 Å². The molecule has 1 amide bonds. The van der Waals surface area contributed by atoms with Crippen LogP contribution in [0.3, 0.4) is 0 Å². The average molecular weight is 415 g/mol. The van der Waals surface area contributed by atoms with Crippen LogP contribution >= 0.6 is 0 Å². The van der Waals surface area contributed by atoms with Crippen molar-refractivity contribution >= 4 is 17.4 Å². The number of hydrogen-bond acceptors (Lipinski definition) is 4. The van der Waals surface area contributed by atoms with Crippen molar-refractivity contribution in [2.75, 3.05) is 0 Å². The summed E-state index contributed by atoms with van der Waals surface area (Å²) in [5.41, 5.74) is 3.56. The summed E-state index contributed by atoms with van der Waals surface area (Å²) in [4.78, 5) is 27.5. The predicted molar refractivity (Wildman–Crippen MR) is 118 cm³/mol. The molecule has 4 rings (SSSR count). The Morgan fingerprint density at radius 2 is 1.71 bits per heavy atom. The Hall–Kier alpha value is -3.60. The molecule has 1 aromatic heterocycles. The van der Waals surface area contributed by atoms with E-state index in [4.69, 9.17) is 4.42 Å². The molecule has 0 bridgehead atoms. The van der Waals surface area contributed by atoms with Crippen molar-refractivity contribution in [3.05, 3.63) is 101 Å². The van der Waals surface area contributed by atoms with E-state index in [0.717, 1.165) is 16.7 Å². The third kappa shape index (κ3) is 3.91. The smallest absolute Gasteiger partial charge is 0.296 e. The van der Waals surface area contributed by atoms with Crippen molar-refractivity contribution in [2.24, 2.45) is 0 Å². The Morgan fingerprint density at radius 3 is 2.29 bits per heavy atom. The number of aryl methyl sites for hydroxylation is 1. The lowest BCUT2D eigenvalue weighted by Gasteiger charge is -2.25. The minimum atomic E-state index is -0.701. The van der Waals surface area contributed by atoms with E-state index in [0.29, 0.717) is 17.2 Å². The van der Waals surface area contributed by atoms with Gasteiger partial charge in [-0.15, -0.1) is 0 Å². The topological polar surface area (TPSA) is 70.8 Å². The number of ketones is 1. The first-order chi connectivity index (χ1) is 14.9. The molecule has 5 nitrogen and oxygen atoms in total. The van der Waals surface area contributed by atoms with Crippen molar-refractivity contribution in [3.63, 3.8) is 0 Å². The minimum absolute atomic E-state index is 0.0951. The van der Waals surface area contributed by atoms with Crippen molar-refractivity contribution < 1.29 is 19.1 Å². The Labute approximate surface area is 181 Å². The molecule has 2 aromatic carbocycles. The third-order valence-corrected chi connectivity index (χ3v) is 5.69. The van der Waals surface area contributed by atoms with Gasteiger partial charge in [0, 0.05) is 5.56 Å². The van der Waals surface area contributed by atoms with Gasteiger partial charge in [-0.1, -0.05) is 67.9 Å². The van der Waals surface area contributed by atoms with E-state index >= 15 is 0 Å². The maximum absolute atomic E-state index is 13.0. The molecular formula is C26H25NO4. The lowest BCUT2D eigenvalue weighted by atomic mass is 9.93. The number of carbonyl (C=O) groups excluding carboxylic acids is 2. The van der Waals surface area contributed by atoms with Crippen molar-refractivity contribution in [3.8, 4) is 0 Å². The summed E-state index contributed by atoms with van der Waals surface area (Å²) in [5.74, 6) is -0.582. The van der Waals surface area contributed by atoms with Gasteiger partial charge in [0.05, 0.1) is 24.4 Å². The first kappa shape index (κ1) is 20.7. The van der Waals surface area contributed by atoms with E-state index in [1.165, 1.54) is 11.2 Å². The molecule has 1 aliphatic heterocycles. The van der Waals surface area contributed by atoms with Crippen LogP contribution in [0.15, 0.2) is 76.9 Å². The number of hydrogen-bond donors (Lipinski definition) is 1. The van der Waals surface area contributed by atoms with Gasteiger partial charge in [0.25, 0.3) is 11.7 Å². The molecule has 1 atom stereocenters. The second-order valence-electron chi connectivity index (χ2n) is 8.19. The van der Waals surface area contributed by atoms with Crippen LogP contribution in [0.5, 0.6) is 0 Å². The molecule has 1 saturated heterocycles. The van der Waals surface area contributed by atoms with E-state index in [1.54, 1.807) is 24.3 Å².